The van der Waals surface area contributed by atoms with Gasteiger partial charge in [0.2, 0.25) is 0 Å². The van der Waals surface area contributed by atoms with Crippen molar-refractivity contribution in [2.75, 3.05) is 20.7 Å². The molecule has 1 saturated heterocycles. The van der Waals surface area contributed by atoms with E-state index >= 15 is 0 Å². The van der Waals surface area contributed by atoms with Crippen LogP contribution in [0.2, 0.25) is 0 Å². The van der Waals surface area contributed by atoms with E-state index in [0.717, 1.165) is 32.3 Å². The van der Waals surface area contributed by atoms with Crippen molar-refractivity contribution in [1.82, 2.24) is 14.4 Å². The molecule has 0 spiro atoms. The molecular formula is C23H22BrN3O2S. The maximum absolute atomic E-state index is 12.6. The van der Waals surface area contributed by atoms with Crippen molar-refractivity contribution in [3.8, 4) is 5.75 Å². The number of halogens is 1. The Balaban J connectivity index is 1.66. The zero-order chi connectivity index (χ0) is 21.4. The Kier molecular flexibility index (Phi) is 5.66. The van der Waals surface area contributed by atoms with Crippen molar-refractivity contribution in [3.63, 3.8) is 0 Å². The van der Waals surface area contributed by atoms with Crippen LogP contribution in [0.1, 0.15) is 11.1 Å². The lowest BCUT2D eigenvalue weighted by molar-refractivity contribution is -0.121. The minimum Gasteiger partial charge on any atom is -0.491 e. The number of fused-ring (bicyclic) bond motifs is 1. The smallest absolute Gasteiger partial charge is 0.276 e. The molecule has 0 saturated carbocycles. The van der Waals surface area contributed by atoms with Crippen LogP contribution in [0.5, 0.6) is 5.75 Å². The predicted octanol–water partition coefficient (Wildman–Crippen LogP) is 4.82. The summed E-state index contributed by atoms with van der Waals surface area (Å²) in [5.41, 5.74) is 3.74. The van der Waals surface area contributed by atoms with Gasteiger partial charge in [-0.2, -0.15) is 0 Å². The number of hydrogen-bond donors (Lipinski definition) is 0. The molecule has 0 radical (unpaired) electrons. The summed E-state index contributed by atoms with van der Waals surface area (Å²) in [7, 11) is 3.52. The summed E-state index contributed by atoms with van der Waals surface area (Å²) in [6.45, 7) is 3.28. The Bertz CT molecular complexity index is 1180. The number of amides is 1. The molecule has 1 aliphatic heterocycles. The second-order valence-electron chi connectivity index (χ2n) is 7.29. The van der Waals surface area contributed by atoms with E-state index in [1.807, 2.05) is 50.4 Å². The Morgan fingerprint density at radius 2 is 1.90 bits per heavy atom. The van der Waals surface area contributed by atoms with Gasteiger partial charge >= 0.3 is 0 Å². The predicted molar refractivity (Wildman–Crippen MR) is 127 cm³/mol. The van der Waals surface area contributed by atoms with Crippen LogP contribution in [0, 0.1) is 6.92 Å². The van der Waals surface area contributed by atoms with Crippen molar-refractivity contribution in [2.45, 2.75) is 13.5 Å². The highest BCUT2D eigenvalue weighted by Gasteiger charge is 2.32. The summed E-state index contributed by atoms with van der Waals surface area (Å²) in [4.78, 5) is 15.8. The highest BCUT2D eigenvalue weighted by Crippen LogP contribution is 2.29. The van der Waals surface area contributed by atoms with Crippen LogP contribution >= 0.6 is 28.1 Å². The van der Waals surface area contributed by atoms with Gasteiger partial charge in [0.1, 0.15) is 18.1 Å². The molecule has 7 heteroatoms. The third-order valence-electron chi connectivity index (χ3n) is 5.31. The molecule has 5 nitrogen and oxygen atoms in total. The number of nitrogens with zero attached hydrogens (tertiary/aromatic N) is 3. The lowest BCUT2D eigenvalue weighted by Crippen LogP contribution is -2.26. The molecule has 154 valence electrons. The normalized spacial score (nSPS) is 15.7. The Labute approximate surface area is 189 Å². The molecule has 0 aliphatic carbocycles. The van der Waals surface area contributed by atoms with Gasteiger partial charge in [-0.3, -0.25) is 9.69 Å². The number of aromatic nitrogens is 1. The number of para-hydroxylation sites is 1. The molecule has 30 heavy (non-hydrogen) atoms. The number of rotatable bonds is 5. The maximum atomic E-state index is 12.6. The molecule has 0 atom stereocenters. The molecule has 1 aliphatic rings. The van der Waals surface area contributed by atoms with Crippen LogP contribution in [0.25, 0.3) is 17.0 Å². The Morgan fingerprint density at radius 3 is 2.60 bits per heavy atom. The number of thiocarbonyl (C=S) groups is 1. The van der Waals surface area contributed by atoms with E-state index in [1.54, 1.807) is 11.9 Å². The molecule has 1 amide bonds. The number of carbonyl (C=O) groups is 1. The second kappa shape index (κ2) is 8.24. The van der Waals surface area contributed by atoms with Gasteiger partial charge in [-0.05, 0) is 55.0 Å². The third-order valence-corrected chi connectivity index (χ3v) is 6.35. The van der Waals surface area contributed by atoms with E-state index in [2.05, 4.69) is 38.8 Å². The molecule has 2 heterocycles. The molecular weight excluding hydrogens is 462 g/mol. The SMILES string of the molecule is Cc1ccccc1OCCn1cc(/C=C2/C(=O)N(C)C(=S)N2C)c2cc(Br)ccc21. The number of hydrogen-bond acceptors (Lipinski definition) is 3. The topological polar surface area (TPSA) is 37.7 Å². The van der Waals surface area contributed by atoms with E-state index in [4.69, 9.17) is 17.0 Å². The van der Waals surface area contributed by atoms with Gasteiger partial charge < -0.3 is 14.2 Å². The van der Waals surface area contributed by atoms with Crippen molar-refractivity contribution in [3.05, 3.63) is 70.0 Å². The summed E-state index contributed by atoms with van der Waals surface area (Å²) in [5.74, 6) is 0.801. The molecule has 4 rings (SSSR count). The minimum absolute atomic E-state index is 0.0960. The first-order valence-electron chi connectivity index (χ1n) is 9.61. The van der Waals surface area contributed by atoms with Crippen LogP contribution in [-0.2, 0) is 11.3 Å². The highest BCUT2D eigenvalue weighted by molar-refractivity contribution is 9.10. The fourth-order valence-electron chi connectivity index (χ4n) is 3.61. The zero-order valence-corrected chi connectivity index (χ0v) is 19.5. The summed E-state index contributed by atoms with van der Waals surface area (Å²) >= 11 is 8.89. The van der Waals surface area contributed by atoms with Gasteiger partial charge in [0.25, 0.3) is 5.91 Å². The van der Waals surface area contributed by atoms with Crippen molar-refractivity contribution < 1.29 is 9.53 Å². The second-order valence-corrected chi connectivity index (χ2v) is 8.57. The quantitative estimate of drug-likeness (QED) is 0.385. The molecule has 2 aromatic carbocycles. The maximum Gasteiger partial charge on any atom is 0.276 e. The van der Waals surface area contributed by atoms with Crippen molar-refractivity contribution in [2.24, 2.45) is 0 Å². The fourth-order valence-corrected chi connectivity index (χ4v) is 4.15. The highest BCUT2D eigenvalue weighted by atomic mass is 79.9. The Hall–Kier alpha value is -2.64. The van der Waals surface area contributed by atoms with E-state index in [-0.39, 0.29) is 5.91 Å². The molecule has 0 N–H and O–H groups in total. The van der Waals surface area contributed by atoms with Crippen LogP contribution in [0.4, 0.5) is 0 Å². The van der Waals surface area contributed by atoms with Gasteiger partial charge in [0, 0.05) is 41.2 Å². The van der Waals surface area contributed by atoms with Crippen molar-refractivity contribution >= 4 is 56.1 Å². The van der Waals surface area contributed by atoms with E-state index in [1.165, 1.54) is 4.90 Å². The Morgan fingerprint density at radius 1 is 1.13 bits per heavy atom. The van der Waals surface area contributed by atoms with Crippen LogP contribution in [0.3, 0.4) is 0 Å². The third kappa shape index (κ3) is 3.75. The summed E-state index contributed by atoms with van der Waals surface area (Å²) < 4.78 is 9.14. The summed E-state index contributed by atoms with van der Waals surface area (Å²) in [6, 6.07) is 14.2. The van der Waals surface area contributed by atoms with Crippen LogP contribution < -0.4 is 4.74 Å². The number of benzene rings is 2. The molecule has 3 aromatic rings. The lowest BCUT2D eigenvalue weighted by Gasteiger charge is -2.10. The van der Waals surface area contributed by atoms with Crippen LogP contribution in [-0.4, -0.2) is 46.1 Å². The first kappa shape index (κ1) is 20.6. The van der Waals surface area contributed by atoms with Gasteiger partial charge in [-0.1, -0.05) is 34.1 Å². The zero-order valence-electron chi connectivity index (χ0n) is 17.1. The molecule has 0 bridgehead atoms. The number of ether oxygens (including phenoxy) is 1. The minimum atomic E-state index is -0.0960. The average molecular weight is 484 g/mol. The van der Waals surface area contributed by atoms with E-state index in [0.29, 0.717) is 24.0 Å². The van der Waals surface area contributed by atoms with E-state index in [9.17, 15) is 4.79 Å². The standard InChI is InChI=1S/C23H22BrN3O2S/c1-15-6-4-5-7-21(15)29-11-10-27-14-16(18-13-17(24)8-9-19(18)27)12-20-22(28)26(3)23(30)25(20)2/h4-9,12-14H,10-11H2,1-3H3/b20-12-. The first-order valence-corrected chi connectivity index (χ1v) is 10.8. The number of aryl methyl sites for hydroxylation is 1. The molecule has 1 fully saturated rings. The van der Waals surface area contributed by atoms with Gasteiger partial charge in [-0.25, -0.2) is 0 Å². The van der Waals surface area contributed by atoms with Gasteiger partial charge in [0.05, 0.1) is 6.54 Å². The molecule has 1 aromatic heterocycles. The largest absolute Gasteiger partial charge is 0.491 e. The van der Waals surface area contributed by atoms with E-state index < -0.39 is 0 Å². The molecule has 0 unspecified atom stereocenters. The summed E-state index contributed by atoms with van der Waals surface area (Å²) in [6.07, 6.45) is 3.97. The van der Waals surface area contributed by atoms with Crippen molar-refractivity contribution in [1.29, 1.82) is 0 Å². The van der Waals surface area contributed by atoms with Gasteiger partial charge in [-0.15, -0.1) is 0 Å². The number of carbonyl (C=O) groups excluding carboxylic acids is 1. The van der Waals surface area contributed by atoms with Gasteiger partial charge in [0.15, 0.2) is 5.11 Å². The first-order chi connectivity index (χ1) is 14.4. The number of likely N-dealkylation sites (N-methyl/N-ethyl adjacent to an activating group) is 2. The van der Waals surface area contributed by atoms with Crippen LogP contribution in [0.15, 0.2) is 58.8 Å². The fraction of sp³-hybridized carbons (Fsp3) is 0.217. The summed E-state index contributed by atoms with van der Waals surface area (Å²) in [5, 5.41) is 1.57. The monoisotopic (exact) mass is 483 g/mol. The lowest BCUT2D eigenvalue weighted by atomic mass is 10.1. The average Bonchev–Trinajstić information content (AvgIpc) is 3.15.